The van der Waals surface area contributed by atoms with E-state index in [-0.39, 0.29) is 11.5 Å². The van der Waals surface area contributed by atoms with E-state index >= 15 is 0 Å². The number of ether oxygens (including phenoxy) is 1. The molecule has 2 aliphatic rings. The highest BCUT2D eigenvalue weighted by atomic mass is 16.7. The van der Waals surface area contributed by atoms with Crippen LogP contribution in [0.2, 0.25) is 0 Å². The lowest BCUT2D eigenvalue weighted by Gasteiger charge is -2.15. The number of Topliss-reactive ketones (excluding diaryl/α,β-unsaturated/α-hetero) is 1. The Morgan fingerprint density at radius 1 is 1.09 bits per heavy atom. The molecule has 3 rings (SSSR count). The van der Waals surface area contributed by atoms with Gasteiger partial charge in [0.2, 0.25) is 0 Å². The summed E-state index contributed by atoms with van der Waals surface area (Å²) < 4.78 is 5.37. The summed E-state index contributed by atoms with van der Waals surface area (Å²) in [6.07, 6.45) is 0.119. The van der Waals surface area contributed by atoms with Crippen LogP contribution in [0, 0.1) is 20.2 Å². The topological polar surface area (TPSA) is 113 Å². The normalized spacial score (nSPS) is 23.9. The van der Waals surface area contributed by atoms with Gasteiger partial charge in [0.15, 0.2) is 5.78 Å². The molecule has 8 heteroatoms. The van der Waals surface area contributed by atoms with Crippen molar-refractivity contribution in [1.29, 1.82) is 0 Å². The number of rotatable bonds is 3. The third-order valence-electron chi connectivity index (χ3n) is 3.94. The largest absolute Gasteiger partial charge is 0.433 e. The van der Waals surface area contributed by atoms with E-state index in [0.717, 1.165) is 0 Å². The zero-order valence-corrected chi connectivity index (χ0v) is 11.4. The Balaban J connectivity index is 2.03. The highest BCUT2D eigenvalue weighted by molar-refractivity contribution is 5.98. The number of hydrogen-bond acceptors (Lipinski definition) is 6. The molecule has 1 heterocycles. The van der Waals surface area contributed by atoms with Gasteiger partial charge in [-0.25, -0.2) is 0 Å². The van der Waals surface area contributed by atoms with Gasteiger partial charge in [-0.15, -0.1) is 0 Å². The molecule has 0 bridgehead atoms. The molecule has 0 N–H and O–H groups in total. The van der Waals surface area contributed by atoms with Crippen LogP contribution in [0.3, 0.4) is 0 Å². The molecular weight excluding hydrogens is 292 g/mol. The molecule has 1 aliphatic heterocycles. The smallest absolute Gasteiger partial charge is 0.364 e. The third kappa shape index (κ3) is 2.22. The molecule has 0 amide bonds. The molecule has 0 spiro atoms. The van der Waals surface area contributed by atoms with Gasteiger partial charge in [-0.05, 0) is 12.0 Å². The van der Waals surface area contributed by atoms with Crippen molar-refractivity contribution >= 4 is 11.5 Å². The van der Waals surface area contributed by atoms with Crippen LogP contribution in [0.4, 0.5) is 5.69 Å². The second-order valence-electron chi connectivity index (χ2n) is 5.23. The fourth-order valence-corrected chi connectivity index (χ4v) is 2.96. The number of nitrogens with zero attached hydrogens (tertiary/aromatic N) is 2. The maximum atomic E-state index is 12.1. The molecule has 0 saturated heterocycles. The van der Waals surface area contributed by atoms with Gasteiger partial charge in [0.25, 0.3) is 5.69 Å². The highest BCUT2D eigenvalue weighted by Gasteiger charge is 2.48. The first-order valence-electron chi connectivity index (χ1n) is 6.80. The fraction of sp³-hybridized carbons (Fsp3) is 0.357. The van der Waals surface area contributed by atoms with Gasteiger partial charge in [0, 0.05) is 25.0 Å². The average Bonchev–Trinajstić information content (AvgIpc) is 2.88. The second-order valence-corrected chi connectivity index (χ2v) is 5.23. The number of carbonyl (C=O) groups is 1. The van der Waals surface area contributed by atoms with E-state index in [4.69, 9.17) is 4.74 Å². The maximum absolute atomic E-state index is 12.1. The lowest BCUT2D eigenvalue weighted by Crippen LogP contribution is -2.27. The van der Waals surface area contributed by atoms with Crippen molar-refractivity contribution in [2.24, 2.45) is 0 Å². The summed E-state index contributed by atoms with van der Waals surface area (Å²) in [4.78, 5) is 33.0. The summed E-state index contributed by atoms with van der Waals surface area (Å²) in [7, 11) is 0. The predicted molar refractivity (Wildman–Crippen MR) is 73.6 cm³/mol. The lowest BCUT2D eigenvalue weighted by molar-refractivity contribution is -0.570. The molecular formula is C14H12N2O6. The SMILES string of the molecule is O=C1CCCC2=C1C(c1ccc([N+](=O)[O-])cc1)C([N+](=O)[O-])O2. The predicted octanol–water partition coefficient (Wildman–Crippen LogP) is 2.32. The third-order valence-corrected chi connectivity index (χ3v) is 3.94. The zero-order valence-electron chi connectivity index (χ0n) is 11.4. The Labute approximate surface area is 124 Å². The summed E-state index contributed by atoms with van der Waals surface area (Å²) in [5.41, 5.74) is 0.721. The minimum atomic E-state index is -1.35. The van der Waals surface area contributed by atoms with Crippen molar-refractivity contribution < 1.29 is 19.4 Å². The van der Waals surface area contributed by atoms with E-state index in [1.165, 1.54) is 24.3 Å². The molecule has 8 nitrogen and oxygen atoms in total. The van der Waals surface area contributed by atoms with Crippen LogP contribution in [0.5, 0.6) is 0 Å². The van der Waals surface area contributed by atoms with Crippen molar-refractivity contribution in [2.45, 2.75) is 31.4 Å². The first-order valence-corrected chi connectivity index (χ1v) is 6.80. The first kappa shape index (κ1) is 14.2. The Morgan fingerprint density at radius 3 is 2.36 bits per heavy atom. The Kier molecular flexibility index (Phi) is 3.36. The first-order chi connectivity index (χ1) is 10.5. The van der Waals surface area contributed by atoms with Crippen molar-refractivity contribution in [3.63, 3.8) is 0 Å². The monoisotopic (exact) mass is 304 g/mol. The Bertz CT molecular complexity index is 694. The van der Waals surface area contributed by atoms with E-state index < -0.39 is 22.0 Å². The minimum Gasteiger partial charge on any atom is -0.433 e. The molecule has 2 atom stereocenters. The van der Waals surface area contributed by atoms with Crippen molar-refractivity contribution in [1.82, 2.24) is 0 Å². The Hall–Kier alpha value is -2.77. The summed E-state index contributed by atoms with van der Waals surface area (Å²) in [5.74, 6) is -0.561. The van der Waals surface area contributed by atoms with Gasteiger partial charge >= 0.3 is 6.23 Å². The summed E-state index contributed by atoms with van der Waals surface area (Å²) >= 11 is 0. The van der Waals surface area contributed by atoms with Crippen LogP contribution in [0.1, 0.15) is 30.7 Å². The molecule has 1 aromatic carbocycles. The molecule has 2 unspecified atom stereocenters. The van der Waals surface area contributed by atoms with Gasteiger partial charge in [0.1, 0.15) is 11.7 Å². The zero-order chi connectivity index (χ0) is 15.9. The number of allylic oxidation sites excluding steroid dienone is 1. The molecule has 22 heavy (non-hydrogen) atoms. The van der Waals surface area contributed by atoms with Gasteiger partial charge in [0.05, 0.1) is 15.4 Å². The van der Waals surface area contributed by atoms with E-state index in [0.29, 0.717) is 36.2 Å². The van der Waals surface area contributed by atoms with Crippen LogP contribution in [0.15, 0.2) is 35.6 Å². The quantitative estimate of drug-likeness (QED) is 0.625. The number of hydrogen-bond donors (Lipinski definition) is 0. The van der Waals surface area contributed by atoms with Gasteiger partial charge in [-0.3, -0.25) is 25.0 Å². The molecule has 0 radical (unpaired) electrons. The molecule has 1 aromatic rings. The number of benzene rings is 1. The molecule has 0 saturated carbocycles. The standard InChI is InChI=1S/C14H12N2O6/c17-10-2-1-3-11-13(10)12(14(22-11)16(20)21)8-4-6-9(7-5-8)15(18)19/h4-7,12,14H,1-3H2. The summed E-state index contributed by atoms with van der Waals surface area (Å²) in [6, 6.07) is 5.44. The molecule has 1 aliphatic carbocycles. The number of nitro groups is 2. The lowest BCUT2D eigenvalue weighted by atomic mass is 9.83. The second kappa shape index (κ2) is 5.21. The van der Waals surface area contributed by atoms with Gasteiger partial charge < -0.3 is 4.74 Å². The number of carbonyl (C=O) groups excluding carboxylic acids is 1. The average molecular weight is 304 g/mol. The number of non-ortho nitro benzene ring substituents is 1. The van der Waals surface area contributed by atoms with Crippen molar-refractivity contribution in [3.05, 3.63) is 61.4 Å². The van der Waals surface area contributed by atoms with E-state index in [1.807, 2.05) is 0 Å². The molecule has 0 aromatic heterocycles. The Morgan fingerprint density at radius 2 is 1.77 bits per heavy atom. The van der Waals surface area contributed by atoms with E-state index in [2.05, 4.69) is 0 Å². The van der Waals surface area contributed by atoms with Crippen molar-refractivity contribution in [2.75, 3.05) is 0 Å². The van der Waals surface area contributed by atoms with Gasteiger partial charge in [-0.2, -0.15) is 0 Å². The van der Waals surface area contributed by atoms with Crippen LogP contribution in [-0.4, -0.2) is 21.9 Å². The fourth-order valence-electron chi connectivity index (χ4n) is 2.96. The van der Waals surface area contributed by atoms with E-state index in [9.17, 15) is 25.0 Å². The van der Waals surface area contributed by atoms with Crippen LogP contribution < -0.4 is 0 Å². The van der Waals surface area contributed by atoms with Crippen LogP contribution in [0.25, 0.3) is 0 Å². The summed E-state index contributed by atoms with van der Waals surface area (Å²) in [5, 5.41) is 21.9. The van der Waals surface area contributed by atoms with Gasteiger partial charge in [-0.1, -0.05) is 12.1 Å². The van der Waals surface area contributed by atoms with Crippen LogP contribution in [-0.2, 0) is 9.53 Å². The van der Waals surface area contributed by atoms with Crippen LogP contribution >= 0.6 is 0 Å². The van der Waals surface area contributed by atoms with Crippen molar-refractivity contribution in [3.8, 4) is 0 Å². The maximum Gasteiger partial charge on any atom is 0.364 e. The molecule has 0 fully saturated rings. The summed E-state index contributed by atoms with van der Waals surface area (Å²) in [6.45, 7) is 0. The minimum absolute atomic E-state index is 0.107. The number of nitro benzene ring substituents is 1. The number of ketones is 1. The molecule has 114 valence electrons. The van der Waals surface area contributed by atoms with E-state index in [1.54, 1.807) is 0 Å². The highest BCUT2D eigenvalue weighted by Crippen LogP contribution is 2.44.